The molecular weight excluding hydrogens is 228 g/mol. The maximum absolute atomic E-state index is 12.1. The van der Waals surface area contributed by atoms with Crippen LogP contribution in [0.25, 0.3) is 0 Å². The highest BCUT2D eigenvalue weighted by atomic mass is 16.2. The summed E-state index contributed by atoms with van der Waals surface area (Å²) in [5, 5.41) is 0. The molecule has 0 unspecified atom stereocenters. The highest BCUT2D eigenvalue weighted by molar-refractivity contribution is 6.05. The largest absolute Gasteiger partial charge is 0.328 e. The second-order valence-corrected chi connectivity index (χ2v) is 4.14. The predicted octanol–water partition coefficient (Wildman–Crippen LogP) is 1.96. The molecule has 1 amide bonds. The van der Waals surface area contributed by atoms with Gasteiger partial charge in [-0.25, -0.2) is 0 Å². The van der Waals surface area contributed by atoms with Gasteiger partial charge in [-0.3, -0.25) is 9.59 Å². The molecule has 0 saturated carbocycles. The number of hydrogen-bond donors (Lipinski definition) is 1. The first-order valence-corrected chi connectivity index (χ1v) is 5.61. The number of nitrogens with zero attached hydrogens (tertiary/aromatic N) is 1. The van der Waals surface area contributed by atoms with E-state index in [2.05, 4.69) is 4.98 Å². The monoisotopic (exact) mass is 242 g/mol. The first-order chi connectivity index (χ1) is 8.58. The molecule has 1 N–H and O–H groups in total. The molecule has 92 valence electrons. The lowest BCUT2D eigenvalue weighted by Crippen LogP contribution is -2.26. The molecule has 18 heavy (non-hydrogen) atoms. The molecule has 0 radical (unpaired) electrons. The number of amides is 1. The quantitative estimate of drug-likeness (QED) is 0.875. The number of benzene rings is 1. The molecule has 1 heterocycles. The van der Waals surface area contributed by atoms with Crippen molar-refractivity contribution in [3.05, 3.63) is 64.1 Å². The van der Waals surface area contributed by atoms with Gasteiger partial charge in [0, 0.05) is 25.0 Å². The van der Waals surface area contributed by atoms with E-state index in [0.29, 0.717) is 5.56 Å². The van der Waals surface area contributed by atoms with Crippen molar-refractivity contribution in [2.75, 3.05) is 11.9 Å². The highest BCUT2D eigenvalue weighted by Crippen LogP contribution is 2.15. The molecule has 1 aromatic heterocycles. The summed E-state index contributed by atoms with van der Waals surface area (Å²) in [6.45, 7) is 1.99. The first kappa shape index (κ1) is 12.1. The van der Waals surface area contributed by atoms with E-state index >= 15 is 0 Å². The average molecular weight is 242 g/mol. The Labute approximate surface area is 105 Å². The van der Waals surface area contributed by atoms with Crippen LogP contribution in [-0.2, 0) is 0 Å². The maximum Gasteiger partial charge on any atom is 0.259 e. The Morgan fingerprint density at radius 1 is 1.11 bits per heavy atom. The molecule has 0 saturated heterocycles. The minimum Gasteiger partial charge on any atom is -0.328 e. The molecular formula is C14H14N2O2. The number of H-pyrrole nitrogens is 1. The summed E-state index contributed by atoms with van der Waals surface area (Å²) < 4.78 is 0. The number of carbonyl (C=O) groups is 1. The van der Waals surface area contributed by atoms with Gasteiger partial charge in [0.2, 0.25) is 5.56 Å². The van der Waals surface area contributed by atoms with E-state index in [1.54, 1.807) is 11.9 Å². The van der Waals surface area contributed by atoms with Crippen LogP contribution < -0.4 is 10.5 Å². The number of carbonyl (C=O) groups excluding carboxylic acids is 1. The second-order valence-electron chi connectivity index (χ2n) is 4.14. The van der Waals surface area contributed by atoms with Crippen LogP contribution in [0.4, 0.5) is 5.69 Å². The van der Waals surface area contributed by atoms with Crippen LogP contribution in [0.5, 0.6) is 0 Å². The van der Waals surface area contributed by atoms with Gasteiger partial charge in [-0.2, -0.15) is 0 Å². The Balaban J connectivity index is 2.25. The average Bonchev–Trinajstić information content (AvgIpc) is 2.39. The van der Waals surface area contributed by atoms with Crippen molar-refractivity contribution in [1.29, 1.82) is 0 Å². The molecule has 0 atom stereocenters. The van der Waals surface area contributed by atoms with Crippen molar-refractivity contribution >= 4 is 11.6 Å². The fraction of sp³-hybridized carbons (Fsp3) is 0.143. The van der Waals surface area contributed by atoms with Crippen LogP contribution in [0.1, 0.15) is 15.9 Å². The minimum atomic E-state index is -0.218. The molecule has 1 aromatic carbocycles. The maximum atomic E-state index is 12.1. The molecule has 0 fully saturated rings. The zero-order chi connectivity index (χ0) is 13.1. The van der Waals surface area contributed by atoms with Crippen molar-refractivity contribution in [1.82, 2.24) is 4.98 Å². The van der Waals surface area contributed by atoms with Crippen LogP contribution in [0, 0.1) is 6.92 Å². The third kappa shape index (κ3) is 2.48. The summed E-state index contributed by atoms with van der Waals surface area (Å²) in [4.78, 5) is 27.1. The van der Waals surface area contributed by atoms with Crippen LogP contribution in [0.3, 0.4) is 0 Å². The number of anilines is 1. The van der Waals surface area contributed by atoms with Crippen molar-refractivity contribution in [3.8, 4) is 0 Å². The zero-order valence-electron chi connectivity index (χ0n) is 10.3. The first-order valence-electron chi connectivity index (χ1n) is 5.61. The Morgan fingerprint density at radius 3 is 2.33 bits per heavy atom. The number of aromatic nitrogens is 1. The number of hydrogen-bond acceptors (Lipinski definition) is 2. The molecule has 4 nitrogen and oxygen atoms in total. The van der Waals surface area contributed by atoms with Gasteiger partial charge >= 0.3 is 0 Å². The summed E-state index contributed by atoms with van der Waals surface area (Å²) in [7, 11) is 1.71. The molecule has 2 rings (SSSR count). The van der Waals surface area contributed by atoms with Gasteiger partial charge < -0.3 is 9.88 Å². The van der Waals surface area contributed by atoms with Crippen molar-refractivity contribution in [3.63, 3.8) is 0 Å². The molecule has 0 aliphatic carbocycles. The SMILES string of the molecule is Cc1ccc(N(C)C(=O)c2ccc(=O)[nH]c2)cc1. The van der Waals surface area contributed by atoms with Crippen LogP contribution in [0.15, 0.2) is 47.4 Å². The van der Waals surface area contributed by atoms with Crippen molar-refractivity contribution in [2.45, 2.75) is 6.92 Å². The van der Waals surface area contributed by atoms with E-state index in [4.69, 9.17) is 0 Å². The number of rotatable bonds is 2. The van der Waals surface area contributed by atoms with Gasteiger partial charge in [0.25, 0.3) is 5.91 Å². The van der Waals surface area contributed by atoms with Crippen LogP contribution in [-0.4, -0.2) is 17.9 Å². The lowest BCUT2D eigenvalue weighted by atomic mass is 10.2. The second kappa shape index (κ2) is 4.87. The predicted molar refractivity (Wildman–Crippen MR) is 71.0 cm³/mol. The van der Waals surface area contributed by atoms with Crippen molar-refractivity contribution in [2.24, 2.45) is 0 Å². The zero-order valence-corrected chi connectivity index (χ0v) is 10.3. The lowest BCUT2D eigenvalue weighted by Gasteiger charge is -2.17. The van der Waals surface area contributed by atoms with Crippen LogP contribution in [0.2, 0.25) is 0 Å². The van der Waals surface area contributed by atoms with E-state index in [0.717, 1.165) is 11.3 Å². The van der Waals surface area contributed by atoms with Gasteiger partial charge in [-0.1, -0.05) is 17.7 Å². The number of nitrogens with one attached hydrogen (secondary N) is 1. The van der Waals surface area contributed by atoms with E-state index in [1.807, 2.05) is 31.2 Å². The summed E-state index contributed by atoms with van der Waals surface area (Å²) >= 11 is 0. The van der Waals surface area contributed by atoms with Crippen LogP contribution >= 0.6 is 0 Å². The van der Waals surface area contributed by atoms with Crippen molar-refractivity contribution < 1.29 is 4.79 Å². The van der Waals surface area contributed by atoms with Gasteiger partial charge in [0.1, 0.15) is 0 Å². The van der Waals surface area contributed by atoms with E-state index < -0.39 is 0 Å². The standard InChI is InChI=1S/C14H14N2O2/c1-10-3-6-12(7-4-10)16(2)14(18)11-5-8-13(17)15-9-11/h3-9H,1-2H3,(H,15,17). The molecule has 0 spiro atoms. The minimum absolute atomic E-state index is 0.157. The summed E-state index contributed by atoms with van der Waals surface area (Å²) in [5.74, 6) is -0.157. The Morgan fingerprint density at radius 2 is 1.78 bits per heavy atom. The van der Waals surface area contributed by atoms with Gasteiger partial charge in [-0.05, 0) is 25.1 Å². The Hall–Kier alpha value is -2.36. The smallest absolute Gasteiger partial charge is 0.259 e. The van der Waals surface area contributed by atoms with E-state index in [9.17, 15) is 9.59 Å². The topological polar surface area (TPSA) is 53.2 Å². The molecule has 2 aromatic rings. The Bertz CT molecular complexity index is 594. The molecule has 4 heteroatoms. The normalized spacial score (nSPS) is 10.1. The van der Waals surface area contributed by atoms with Gasteiger partial charge in [0.05, 0.1) is 5.56 Å². The number of aryl methyl sites for hydroxylation is 1. The lowest BCUT2D eigenvalue weighted by molar-refractivity contribution is 0.0992. The third-order valence-corrected chi connectivity index (χ3v) is 2.76. The van der Waals surface area contributed by atoms with E-state index in [-0.39, 0.29) is 11.5 Å². The Kier molecular flexibility index (Phi) is 3.28. The highest BCUT2D eigenvalue weighted by Gasteiger charge is 2.13. The van der Waals surface area contributed by atoms with Gasteiger partial charge in [-0.15, -0.1) is 0 Å². The third-order valence-electron chi connectivity index (χ3n) is 2.76. The molecule has 0 aliphatic rings. The fourth-order valence-corrected chi connectivity index (χ4v) is 1.62. The summed E-state index contributed by atoms with van der Waals surface area (Å²) in [5.41, 5.74) is 2.20. The van der Waals surface area contributed by atoms with E-state index in [1.165, 1.54) is 18.3 Å². The van der Waals surface area contributed by atoms with Gasteiger partial charge in [0.15, 0.2) is 0 Å². The molecule has 0 aliphatic heterocycles. The number of pyridine rings is 1. The summed E-state index contributed by atoms with van der Waals surface area (Å²) in [6, 6.07) is 10.5. The fourth-order valence-electron chi connectivity index (χ4n) is 1.62. The molecule has 0 bridgehead atoms. The number of aromatic amines is 1. The summed E-state index contributed by atoms with van der Waals surface area (Å²) in [6.07, 6.45) is 1.43.